The number of esters is 1. The van der Waals surface area contributed by atoms with E-state index in [0.717, 1.165) is 17.7 Å². The SMILES string of the molecule is CCCCCCCOc1ccc(C#Cc2ccc(C(=O)Oc3cc(F)c(F)c(F)c3)cc2)cc1. The van der Waals surface area contributed by atoms with Gasteiger partial charge in [0, 0.05) is 23.3 Å². The van der Waals surface area contributed by atoms with Crippen molar-refractivity contribution in [2.75, 3.05) is 6.61 Å². The van der Waals surface area contributed by atoms with E-state index in [2.05, 4.69) is 18.8 Å². The fourth-order valence-corrected chi connectivity index (χ4v) is 3.12. The Bertz CT molecular complexity index is 1140. The molecule has 0 saturated carbocycles. The summed E-state index contributed by atoms with van der Waals surface area (Å²) in [7, 11) is 0. The van der Waals surface area contributed by atoms with Crippen molar-refractivity contribution < 1.29 is 27.4 Å². The van der Waals surface area contributed by atoms with Crippen LogP contribution < -0.4 is 9.47 Å². The maximum Gasteiger partial charge on any atom is 0.343 e. The zero-order chi connectivity index (χ0) is 24.3. The molecule has 0 atom stereocenters. The number of carbonyl (C=O) groups is 1. The van der Waals surface area contributed by atoms with Crippen LogP contribution in [0.5, 0.6) is 11.5 Å². The second-order valence-electron chi connectivity index (χ2n) is 7.70. The highest BCUT2D eigenvalue weighted by Crippen LogP contribution is 2.20. The van der Waals surface area contributed by atoms with Crippen molar-refractivity contribution in [3.8, 4) is 23.3 Å². The number of benzene rings is 3. The summed E-state index contributed by atoms with van der Waals surface area (Å²) in [6, 6.07) is 15.0. The van der Waals surface area contributed by atoms with Crippen LogP contribution in [0.4, 0.5) is 13.2 Å². The van der Waals surface area contributed by atoms with Crippen LogP contribution in [-0.2, 0) is 0 Å². The van der Waals surface area contributed by atoms with Gasteiger partial charge in [-0.2, -0.15) is 0 Å². The quantitative estimate of drug-likeness (QED) is 0.111. The molecule has 0 bridgehead atoms. The smallest absolute Gasteiger partial charge is 0.343 e. The highest BCUT2D eigenvalue weighted by atomic mass is 19.2. The molecular weight excluding hydrogens is 441 g/mol. The third-order valence-corrected chi connectivity index (χ3v) is 5.01. The van der Waals surface area contributed by atoms with Crippen molar-refractivity contribution in [3.63, 3.8) is 0 Å². The van der Waals surface area contributed by atoms with Crippen LogP contribution in [0.3, 0.4) is 0 Å². The summed E-state index contributed by atoms with van der Waals surface area (Å²) in [6.07, 6.45) is 5.95. The van der Waals surface area contributed by atoms with E-state index in [9.17, 15) is 18.0 Å². The number of hydrogen-bond acceptors (Lipinski definition) is 3. The van der Waals surface area contributed by atoms with Gasteiger partial charge in [0.15, 0.2) is 17.5 Å². The lowest BCUT2D eigenvalue weighted by atomic mass is 10.1. The van der Waals surface area contributed by atoms with Crippen LogP contribution in [-0.4, -0.2) is 12.6 Å². The number of hydrogen-bond donors (Lipinski definition) is 0. The fourth-order valence-electron chi connectivity index (χ4n) is 3.12. The van der Waals surface area contributed by atoms with Crippen molar-refractivity contribution >= 4 is 5.97 Å². The van der Waals surface area contributed by atoms with Gasteiger partial charge >= 0.3 is 5.97 Å². The molecule has 176 valence electrons. The van der Waals surface area contributed by atoms with Gasteiger partial charge < -0.3 is 9.47 Å². The Balaban J connectivity index is 1.53. The lowest BCUT2D eigenvalue weighted by molar-refractivity contribution is 0.0733. The molecule has 0 N–H and O–H groups in total. The van der Waals surface area contributed by atoms with E-state index in [0.29, 0.717) is 24.3 Å². The Morgan fingerprint density at radius 2 is 1.32 bits per heavy atom. The van der Waals surface area contributed by atoms with Gasteiger partial charge in [-0.15, -0.1) is 0 Å². The summed E-state index contributed by atoms with van der Waals surface area (Å²) in [5.74, 6) is 1.12. The predicted molar refractivity (Wildman–Crippen MR) is 124 cm³/mol. The summed E-state index contributed by atoms with van der Waals surface area (Å²) in [5.41, 5.74) is 1.65. The highest BCUT2D eigenvalue weighted by molar-refractivity contribution is 5.91. The number of rotatable bonds is 9. The average Bonchev–Trinajstić information content (AvgIpc) is 2.84. The molecular formula is C28H25F3O3. The van der Waals surface area contributed by atoms with Crippen LogP contribution in [0.2, 0.25) is 0 Å². The minimum absolute atomic E-state index is 0.159. The fraction of sp³-hybridized carbons (Fsp3) is 0.250. The van der Waals surface area contributed by atoms with Crippen molar-refractivity contribution in [2.24, 2.45) is 0 Å². The first-order valence-electron chi connectivity index (χ1n) is 11.2. The summed E-state index contributed by atoms with van der Waals surface area (Å²) < 4.78 is 50.2. The molecule has 0 saturated heterocycles. The molecule has 3 aromatic rings. The number of unbranched alkanes of at least 4 members (excludes halogenated alkanes) is 4. The Labute approximate surface area is 197 Å². The van der Waals surface area contributed by atoms with E-state index in [-0.39, 0.29) is 5.56 Å². The molecule has 0 aliphatic carbocycles. The summed E-state index contributed by atoms with van der Waals surface area (Å²) in [5, 5.41) is 0. The van der Waals surface area contributed by atoms with E-state index < -0.39 is 29.2 Å². The molecule has 3 aromatic carbocycles. The van der Waals surface area contributed by atoms with E-state index >= 15 is 0 Å². The molecule has 0 amide bonds. The third-order valence-electron chi connectivity index (χ3n) is 5.01. The highest BCUT2D eigenvalue weighted by Gasteiger charge is 2.14. The average molecular weight is 466 g/mol. The van der Waals surface area contributed by atoms with Crippen LogP contribution in [0.1, 0.15) is 60.5 Å². The summed E-state index contributed by atoms with van der Waals surface area (Å²) >= 11 is 0. The van der Waals surface area contributed by atoms with Gasteiger partial charge in [0.25, 0.3) is 0 Å². The van der Waals surface area contributed by atoms with Gasteiger partial charge in [-0.25, -0.2) is 18.0 Å². The molecule has 0 radical (unpaired) electrons. The molecule has 0 aliphatic heterocycles. The van der Waals surface area contributed by atoms with Crippen LogP contribution in [0, 0.1) is 29.3 Å². The van der Waals surface area contributed by atoms with Gasteiger partial charge in [-0.05, 0) is 55.0 Å². The zero-order valence-corrected chi connectivity index (χ0v) is 18.9. The second kappa shape index (κ2) is 12.5. The number of ether oxygens (including phenoxy) is 2. The Morgan fingerprint density at radius 3 is 1.91 bits per heavy atom. The lowest BCUT2D eigenvalue weighted by Gasteiger charge is -2.06. The van der Waals surface area contributed by atoms with Gasteiger partial charge in [0.1, 0.15) is 11.5 Å². The predicted octanol–water partition coefficient (Wildman–Crippen LogP) is 7.07. The minimum Gasteiger partial charge on any atom is -0.494 e. The van der Waals surface area contributed by atoms with Crippen molar-refractivity contribution in [1.29, 1.82) is 0 Å². The van der Waals surface area contributed by atoms with Crippen molar-refractivity contribution in [3.05, 3.63) is 94.8 Å². The Kier molecular flexibility index (Phi) is 9.16. The van der Waals surface area contributed by atoms with E-state index in [1.807, 2.05) is 24.3 Å². The maximum absolute atomic E-state index is 13.3. The molecule has 0 heterocycles. The van der Waals surface area contributed by atoms with E-state index in [1.165, 1.54) is 37.8 Å². The summed E-state index contributed by atoms with van der Waals surface area (Å²) in [6.45, 7) is 2.90. The molecule has 6 heteroatoms. The molecule has 3 nitrogen and oxygen atoms in total. The van der Waals surface area contributed by atoms with Crippen LogP contribution >= 0.6 is 0 Å². The van der Waals surface area contributed by atoms with Crippen LogP contribution in [0.25, 0.3) is 0 Å². The van der Waals surface area contributed by atoms with Crippen LogP contribution in [0.15, 0.2) is 60.7 Å². The minimum atomic E-state index is -1.62. The molecule has 0 unspecified atom stereocenters. The van der Waals surface area contributed by atoms with Gasteiger partial charge in [-0.1, -0.05) is 44.4 Å². The van der Waals surface area contributed by atoms with Gasteiger partial charge in [-0.3, -0.25) is 0 Å². The van der Waals surface area contributed by atoms with E-state index in [1.54, 1.807) is 12.1 Å². The molecule has 0 spiro atoms. The van der Waals surface area contributed by atoms with E-state index in [4.69, 9.17) is 9.47 Å². The first-order valence-corrected chi connectivity index (χ1v) is 11.2. The monoisotopic (exact) mass is 466 g/mol. The van der Waals surface area contributed by atoms with Crippen molar-refractivity contribution in [2.45, 2.75) is 39.0 Å². The summed E-state index contributed by atoms with van der Waals surface area (Å²) in [4.78, 5) is 12.2. The number of carbonyl (C=O) groups excluding carboxylic acids is 1. The lowest BCUT2D eigenvalue weighted by Crippen LogP contribution is -2.09. The third kappa shape index (κ3) is 7.41. The Hall–Kier alpha value is -3.72. The zero-order valence-electron chi connectivity index (χ0n) is 18.9. The maximum atomic E-state index is 13.3. The molecule has 0 aromatic heterocycles. The van der Waals surface area contributed by atoms with Gasteiger partial charge in [0.2, 0.25) is 0 Å². The largest absolute Gasteiger partial charge is 0.494 e. The first kappa shape index (κ1) is 24.9. The second-order valence-corrected chi connectivity index (χ2v) is 7.70. The Morgan fingerprint density at radius 1 is 0.765 bits per heavy atom. The number of halogens is 3. The normalized spacial score (nSPS) is 10.4. The molecule has 3 rings (SSSR count). The van der Waals surface area contributed by atoms with Gasteiger partial charge in [0.05, 0.1) is 12.2 Å². The molecule has 0 fully saturated rings. The molecule has 0 aliphatic rings. The first-order chi connectivity index (χ1) is 16.5. The topological polar surface area (TPSA) is 35.5 Å². The standard InChI is InChI=1S/C28H25F3O3/c1-2-3-4-5-6-17-33-23-15-11-21(12-16-23)8-7-20-9-13-22(14-10-20)28(32)34-24-18-25(29)27(31)26(30)19-24/h9-16,18-19H,2-6,17H2,1H3. The van der Waals surface area contributed by atoms with Crippen molar-refractivity contribution in [1.82, 2.24) is 0 Å². The molecule has 34 heavy (non-hydrogen) atoms.